The van der Waals surface area contributed by atoms with E-state index in [9.17, 15) is 0 Å². The normalized spacial score (nSPS) is 22.4. The van der Waals surface area contributed by atoms with Crippen molar-refractivity contribution in [3.63, 3.8) is 0 Å². The lowest BCUT2D eigenvalue weighted by atomic mass is 9.94. The number of hydrogen-bond donors (Lipinski definition) is 1. The van der Waals surface area contributed by atoms with Crippen LogP contribution in [0.15, 0.2) is 12.1 Å². The number of benzene rings is 1. The molecule has 2 aliphatic heterocycles. The first-order valence-corrected chi connectivity index (χ1v) is 7.51. The van der Waals surface area contributed by atoms with Gasteiger partial charge < -0.3 is 10.6 Å². The van der Waals surface area contributed by atoms with Crippen LogP contribution in [-0.2, 0) is 13.0 Å². The molecule has 2 N–H and O–H groups in total. The standard InChI is InChI=1S/C15H22ClN3/c1-18-7-4-12(5-8-18)19-9-6-13-11(10-19)2-3-14(16)15(13)17/h2-3,12H,4-10,17H2,1H3. The summed E-state index contributed by atoms with van der Waals surface area (Å²) in [5.41, 5.74) is 9.52. The number of likely N-dealkylation sites (tertiary alicyclic amines) is 1. The van der Waals surface area contributed by atoms with Crippen LogP contribution in [0.1, 0.15) is 24.0 Å². The van der Waals surface area contributed by atoms with Gasteiger partial charge in [-0.2, -0.15) is 0 Å². The Morgan fingerprint density at radius 2 is 1.95 bits per heavy atom. The molecular weight excluding hydrogens is 258 g/mol. The van der Waals surface area contributed by atoms with Gasteiger partial charge in [-0.25, -0.2) is 0 Å². The van der Waals surface area contributed by atoms with E-state index in [4.69, 9.17) is 17.3 Å². The summed E-state index contributed by atoms with van der Waals surface area (Å²) in [6.07, 6.45) is 3.61. The zero-order chi connectivity index (χ0) is 13.4. The molecule has 0 spiro atoms. The van der Waals surface area contributed by atoms with E-state index in [-0.39, 0.29) is 0 Å². The number of nitrogens with two attached hydrogens (primary N) is 1. The number of nitrogen functional groups attached to an aromatic ring is 1. The Labute approximate surface area is 120 Å². The number of hydrogen-bond acceptors (Lipinski definition) is 3. The number of nitrogens with zero attached hydrogens (tertiary/aromatic N) is 2. The maximum absolute atomic E-state index is 6.10. The smallest absolute Gasteiger partial charge is 0.0638 e. The molecule has 1 saturated heterocycles. The molecule has 1 aromatic carbocycles. The number of piperidine rings is 1. The van der Waals surface area contributed by atoms with Crippen LogP contribution in [0.4, 0.5) is 5.69 Å². The summed E-state index contributed by atoms with van der Waals surface area (Å²) in [5.74, 6) is 0. The molecule has 0 aliphatic carbocycles. The molecule has 0 saturated carbocycles. The zero-order valence-electron chi connectivity index (χ0n) is 11.5. The monoisotopic (exact) mass is 279 g/mol. The number of anilines is 1. The predicted molar refractivity (Wildman–Crippen MR) is 80.5 cm³/mol. The van der Waals surface area contributed by atoms with E-state index in [1.807, 2.05) is 6.07 Å². The zero-order valence-corrected chi connectivity index (χ0v) is 12.3. The van der Waals surface area contributed by atoms with Crippen LogP contribution in [0.2, 0.25) is 5.02 Å². The van der Waals surface area contributed by atoms with Crippen molar-refractivity contribution in [3.8, 4) is 0 Å². The van der Waals surface area contributed by atoms with Crippen LogP contribution >= 0.6 is 11.6 Å². The fourth-order valence-corrected chi connectivity index (χ4v) is 3.53. The van der Waals surface area contributed by atoms with E-state index in [0.717, 1.165) is 31.2 Å². The van der Waals surface area contributed by atoms with E-state index in [1.54, 1.807) is 0 Å². The van der Waals surface area contributed by atoms with Crippen molar-refractivity contribution in [1.82, 2.24) is 9.80 Å². The highest BCUT2D eigenvalue weighted by Crippen LogP contribution is 2.32. The van der Waals surface area contributed by atoms with E-state index in [1.165, 1.54) is 37.1 Å². The first kappa shape index (κ1) is 13.2. The first-order valence-electron chi connectivity index (χ1n) is 7.13. The molecule has 3 nitrogen and oxygen atoms in total. The minimum Gasteiger partial charge on any atom is -0.397 e. The summed E-state index contributed by atoms with van der Waals surface area (Å²) in [4.78, 5) is 5.05. The van der Waals surface area contributed by atoms with Crippen LogP contribution in [0.5, 0.6) is 0 Å². The van der Waals surface area contributed by atoms with Gasteiger partial charge in [0, 0.05) is 19.1 Å². The molecule has 1 aromatic rings. The van der Waals surface area contributed by atoms with E-state index < -0.39 is 0 Å². The fraction of sp³-hybridized carbons (Fsp3) is 0.600. The predicted octanol–water partition coefficient (Wildman–Crippen LogP) is 2.37. The van der Waals surface area contributed by atoms with E-state index in [2.05, 4.69) is 22.9 Å². The molecule has 2 heterocycles. The molecule has 0 atom stereocenters. The number of halogens is 1. The molecule has 0 aromatic heterocycles. The summed E-state index contributed by atoms with van der Waals surface area (Å²) in [6.45, 7) is 4.59. The van der Waals surface area contributed by atoms with Crippen LogP contribution in [0.25, 0.3) is 0 Å². The molecule has 4 heteroatoms. The summed E-state index contributed by atoms with van der Waals surface area (Å²) in [6, 6.07) is 4.82. The highest BCUT2D eigenvalue weighted by Gasteiger charge is 2.27. The van der Waals surface area contributed by atoms with Crippen molar-refractivity contribution in [2.45, 2.75) is 31.8 Å². The third kappa shape index (κ3) is 2.60. The Morgan fingerprint density at radius 1 is 1.21 bits per heavy atom. The molecule has 0 bridgehead atoms. The molecule has 1 fully saturated rings. The average Bonchev–Trinajstić information content (AvgIpc) is 2.43. The topological polar surface area (TPSA) is 32.5 Å². The van der Waals surface area contributed by atoms with Crippen molar-refractivity contribution in [1.29, 1.82) is 0 Å². The van der Waals surface area contributed by atoms with Gasteiger partial charge >= 0.3 is 0 Å². The summed E-state index contributed by atoms with van der Waals surface area (Å²) >= 11 is 6.10. The minimum absolute atomic E-state index is 0.700. The molecule has 0 unspecified atom stereocenters. The van der Waals surface area contributed by atoms with Gasteiger partial charge in [-0.15, -0.1) is 0 Å². The van der Waals surface area contributed by atoms with Crippen molar-refractivity contribution in [3.05, 3.63) is 28.3 Å². The second-order valence-electron chi connectivity index (χ2n) is 5.85. The maximum Gasteiger partial charge on any atom is 0.0638 e. The van der Waals surface area contributed by atoms with Gasteiger partial charge in [0.15, 0.2) is 0 Å². The highest BCUT2D eigenvalue weighted by molar-refractivity contribution is 6.33. The lowest BCUT2D eigenvalue weighted by Crippen LogP contribution is -2.45. The van der Waals surface area contributed by atoms with Gasteiger partial charge in [-0.05, 0) is 56.6 Å². The van der Waals surface area contributed by atoms with Gasteiger partial charge in [0.25, 0.3) is 0 Å². The second kappa shape index (κ2) is 5.31. The van der Waals surface area contributed by atoms with Crippen LogP contribution in [0.3, 0.4) is 0 Å². The summed E-state index contributed by atoms with van der Waals surface area (Å²) in [7, 11) is 2.21. The Balaban J connectivity index is 1.74. The van der Waals surface area contributed by atoms with Gasteiger partial charge in [-0.1, -0.05) is 17.7 Å². The van der Waals surface area contributed by atoms with Gasteiger partial charge in [0.05, 0.1) is 10.7 Å². The van der Waals surface area contributed by atoms with Gasteiger partial charge in [0.1, 0.15) is 0 Å². The van der Waals surface area contributed by atoms with Crippen molar-refractivity contribution >= 4 is 17.3 Å². The molecule has 19 heavy (non-hydrogen) atoms. The first-order chi connectivity index (χ1) is 9.15. The Hall–Kier alpha value is -0.770. The quantitative estimate of drug-likeness (QED) is 0.801. The van der Waals surface area contributed by atoms with Crippen molar-refractivity contribution in [2.75, 3.05) is 32.4 Å². The third-order valence-corrected chi connectivity index (χ3v) is 4.96. The molecule has 0 radical (unpaired) electrons. The Bertz CT molecular complexity index is 467. The fourth-order valence-electron chi connectivity index (χ4n) is 3.35. The highest BCUT2D eigenvalue weighted by atomic mass is 35.5. The Morgan fingerprint density at radius 3 is 2.68 bits per heavy atom. The summed E-state index contributed by atoms with van der Waals surface area (Å²) in [5, 5.41) is 0.700. The third-order valence-electron chi connectivity index (χ3n) is 4.63. The van der Waals surface area contributed by atoms with Crippen LogP contribution < -0.4 is 5.73 Å². The minimum atomic E-state index is 0.700. The lowest BCUT2D eigenvalue weighted by molar-refractivity contribution is 0.110. The maximum atomic E-state index is 6.10. The van der Waals surface area contributed by atoms with E-state index in [0.29, 0.717) is 5.02 Å². The number of rotatable bonds is 1. The van der Waals surface area contributed by atoms with Crippen molar-refractivity contribution < 1.29 is 0 Å². The Kier molecular flexibility index (Phi) is 3.70. The average molecular weight is 280 g/mol. The molecule has 104 valence electrons. The molecule has 0 amide bonds. The number of fused-ring (bicyclic) bond motifs is 1. The molecule has 3 rings (SSSR count). The summed E-state index contributed by atoms with van der Waals surface area (Å²) < 4.78 is 0. The SMILES string of the molecule is CN1CCC(N2CCc3c(ccc(Cl)c3N)C2)CC1. The molecular formula is C15H22ClN3. The van der Waals surface area contributed by atoms with Crippen LogP contribution in [0, 0.1) is 0 Å². The second-order valence-corrected chi connectivity index (χ2v) is 6.26. The van der Waals surface area contributed by atoms with Crippen molar-refractivity contribution in [2.24, 2.45) is 0 Å². The molecule has 2 aliphatic rings. The van der Waals surface area contributed by atoms with Gasteiger partial charge in [0.2, 0.25) is 0 Å². The largest absolute Gasteiger partial charge is 0.397 e. The van der Waals surface area contributed by atoms with Gasteiger partial charge in [-0.3, -0.25) is 4.90 Å². The lowest BCUT2D eigenvalue weighted by Gasteiger charge is -2.40. The van der Waals surface area contributed by atoms with Crippen LogP contribution in [-0.4, -0.2) is 42.5 Å². The van der Waals surface area contributed by atoms with E-state index >= 15 is 0 Å².